The Bertz CT molecular complexity index is 1790. The lowest BCUT2D eigenvalue weighted by Crippen LogP contribution is -3.00. The minimum atomic E-state index is -3.67. The maximum atomic E-state index is 14.7. The highest BCUT2D eigenvalue weighted by Crippen LogP contribution is 2.84. The van der Waals surface area contributed by atoms with E-state index in [4.69, 9.17) is 11.6 Å². The smallest absolute Gasteiger partial charge is 0.762 e. The average Bonchev–Trinajstić information content (AvgIpc) is 3.15. The van der Waals surface area contributed by atoms with Gasteiger partial charge in [-0.3, -0.25) is 30.7 Å². The third-order valence-electron chi connectivity index (χ3n) is 8.41. The number of hydrogen-bond acceptors (Lipinski definition) is 1. The Morgan fingerprint density at radius 3 is 0.907 bits per heavy atom. The molecule has 280 valence electrons. The van der Waals surface area contributed by atoms with Crippen molar-refractivity contribution in [2.45, 2.75) is 4.36 Å². The van der Waals surface area contributed by atoms with Crippen LogP contribution in [0.4, 0.5) is 25.9 Å². The van der Waals surface area contributed by atoms with Gasteiger partial charge in [0.15, 0.2) is 12.4 Å². The molecular formula is C38H35B2ClF8N2OP2+2. The summed E-state index contributed by atoms with van der Waals surface area (Å²) in [7, 11) is -9.32. The molecule has 0 atom stereocenters. The molecule has 0 aliphatic heterocycles. The van der Waals surface area contributed by atoms with Gasteiger partial charge in [0.05, 0.1) is 0 Å². The lowest BCUT2D eigenvalue weighted by atomic mass is 10.4. The van der Waals surface area contributed by atoms with E-state index in [2.05, 4.69) is 157 Å². The zero-order chi connectivity index (χ0) is 37.8. The summed E-state index contributed by atoms with van der Waals surface area (Å²) in [4.78, 5) is 14.7. The van der Waals surface area contributed by atoms with Crippen LogP contribution in [0.3, 0.4) is 0 Å². The number of carbonyl (C=O) groups is 1. The van der Waals surface area contributed by atoms with Gasteiger partial charge in [0.2, 0.25) is 20.8 Å². The molecule has 6 rings (SSSR count). The standard InChI is InChI=1S/C38H35ClN2OP2.2BF3.2FH/c1-40-29-17-15-27-36(40)43(32-19-7-3-8-20-32,33-21-9-4-10-22-33)38(39,31-42)44(34-23-11-5-12-24-34,35-25-13-6-14-26-35)37-28-16-18-30-41(37)2;2*2-1(3)4;;/h3-31H,1-2H3;;;2*1H/q+4;;;;/p-2. The molecule has 2 heterocycles. The van der Waals surface area contributed by atoms with E-state index in [0.29, 0.717) is 0 Å². The third-order valence-corrected chi connectivity index (χ3v) is 20.5. The molecule has 0 amide bonds. The molecule has 0 N–H and O–H groups in total. The molecule has 0 aliphatic carbocycles. The van der Waals surface area contributed by atoms with Crippen molar-refractivity contribution >= 4 is 79.6 Å². The Kier molecular flexibility index (Phi) is 17.7. The number of nitrogens with zero attached hydrogens (tertiary/aromatic N) is 2. The molecule has 0 spiro atoms. The predicted molar refractivity (Wildman–Crippen MR) is 205 cm³/mol. The fraction of sp³-hybridized carbons (Fsp3) is 0.0789. The highest BCUT2D eigenvalue weighted by Gasteiger charge is 2.84. The minimum Gasteiger partial charge on any atom is -1.00 e. The van der Waals surface area contributed by atoms with Crippen molar-refractivity contribution in [2.75, 3.05) is 0 Å². The molecule has 6 aromatic rings. The molecule has 0 radical (unpaired) electrons. The van der Waals surface area contributed by atoms with Gasteiger partial charge in [0.25, 0.3) is 0 Å². The first-order valence-electron chi connectivity index (χ1n) is 15.9. The van der Waals surface area contributed by atoms with E-state index in [-0.39, 0.29) is 9.41 Å². The molecule has 54 heavy (non-hydrogen) atoms. The Hall–Kier alpha value is -4.43. The average molecular weight is 807 g/mol. The monoisotopic (exact) mass is 806 g/mol. The zero-order valence-corrected chi connectivity index (χ0v) is 31.5. The van der Waals surface area contributed by atoms with Gasteiger partial charge in [-0.1, -0.05) is 72.8 Å². The molecule has 0 saturated heterocycles. The van der Waals surface area contributed by atoms with E-state index < -0.39 is 34.0 Å². The zero-order valence-electron chi connectivity index (χ0n) is 29.0. The number of aryl methyl sites for hydroxylation is 2. The topological polar surface area (TPSA) is 24.8 Å². The van der Waals surface area contributed by atoms with Gasteiger partial charge in [-0.05, 0) is 72.3 Å². The van der Waals surface area contributed by atoms with Crippen molar-refractivity contribution in [3.05, 3.63) is 170 Å². The maximum absolute atomic E-state index is 14.7. The van der Waals surface area contributed by atoms with Crippen LogP contribution in [0.15, 0.2) is 170 Å². The largest absolute Gasteiger partial charge is 1.00 e. The van der Waals surface area contributed by atoms with Gasteiger partial charge in [0.1, 0.15) is 35.3 Å². The Balaban J connectivity index is 0.000000920. The molecule has 2 aromatic heterocycles. The first-order chi connectivity index (χ1) is 25.0. The lowest BCUT2D eigenvalue weighted by molar-refractivity contribution is -0.653. The lowest BCUT2D eigenvalue weighted by Gasteiger charge is -2.40. The van der Waals surface area contributed by atoms with Crippen LogP contribution in [0.25, 0.3) is 0 Å². The van der Waals surface area contributed by atoms with E-state index in [9.17, 15) is 30.7 Å². The van der Waals surface area contributed by atoms with Crippen LogP contribution < -0.4 is 50.6 Å². The SMILES string of the molecule is C[n+]1ccccc1[P+](c1ccccc1)(c1ccccc1)C(Cl)(C=O)[P+](c1ccccc1)(c1ccccc1)c1cccc[n+]1C.FB(F)F.FB(F)F.[F-].[F-]. The summed E-state index contributed by atoms with van der Waals surface area (Å²) in [6, 6.07) is 54.3. The second-order valence-electron chi connectivity index (χ2n) is 11.3. The van der Waals surface area contributed by atoms with Crippen LogP contribution in [0.5, 0.6) is 0 Å². The van der Waals surface area contributed by atoms with Crippen molar-refractivity contribution in [2.24, 2.45) is 14.1 Å². The van der Waals surface area contributed by atoms with Gasteiger partial charge >= 0.3 is 30.3 Å². The summed E-state index contributed by atoms with van der Waals surface area (Å²) in [5, 5.41) is 4.18. The van der Waals surface area contributed by atoms with Gasteiger partial charge < -0.3 is 9.41 Å². The van der Waals surface area contributed by atoms with Crippen LogP contribution in [0.1, 0.15) is 0 Å². The van der Waals surface area contributed by atoms with Crippen LogP contribution in [-0.4, -0.2) is 25.7 Å². The number of alkyl halides is 1. The van der Waals surface area contributed by atoms with Crippen LogP contribution in [-0.2, 0) is 18.9 Å². The fourth-order valence-corrected chi connectivity index (χ4v) is 20.3. The summed E-state index contributed by atoms with van der Waals surface area (Å²) in [5.41, 5.74) is 2.05. The van der Waals surface area contributed by atoms with Crippen LogP contribution >= 0.6 is 26.1 Å². The van der Waals surface area contributed by atoms with Crippen LogP contribution in [0, 0.1) is 0 Å². The molecule has 0 fully saturated rings. The second-order valence-corrected chi connectivity index (χ2v) is 19.8. The van der Waals surface area contributed by atoms with E-state index >= 15 is 0 Å². The van der Waals surface area contributed by atoms with Gasteiger partial charge in [-0.15, -0.1) is 0 Å². The van der Waals surface area contributed by atoms with Crippen molar-refractivity contribution in [3.8, 4) is 0 Å². The van der Waals surface area contributed by atoms with Gasteiger partial charge in [-0.2, -0.15) is 9.13 Å². The van der Waals surface area contributed by atoms with Crippen molar-refractivity contribution in [3.63, 3.8) is 0 Å². The molecule has 4 aromatic carbocycles. The highest BCUT2D eigenvalue weighted by molar-refractivity contribution is 8.14. The molecular weight excluding hydrogens is 771 g/mol. The number of halogens is 9. The van der Waals surface area contributed by atoms with Crippen molar-refractivity contribution in [1.29, 1.82) is 0 Å². The Morgan fingerprint density at radius 2 is 0.704 bits per heavy atom. The van der Waals surface area contributed by atoms with Gasteiger partial charge in [-0.25, -0.2) is 0 Å². The quantitative estimate of drug-likeness (QED) is 0.0522. The number of hydrogen-bond donors (Lipinski definition) is 0. The van der Waals surface area contributed by atoms with E-state index in [0.717, 1.165) is 38.4 Å². The summed E-state index contributed by atoms with van der Waals surface area (Å²) in [6.07, 6.45) is 5.22. The minimum absolute atomic E-state index is 0. The molecule has 0 unspecified atom stereocenters. The Morgan fingerprint density at radius 1 is 0.481 bits per heavy atom. The summed E-state index contributed by atoms with van der Waals surface area (Å²) < 4.78 is 60.9. The Labute approximate surface area is 316 Å². The molecule has 0 aliphatic rings. The summed E-state index contributed by atoms with van der Waals surface area (Å²) in [6.45, 7) is 0. The van der Waals surface area contributed by atoms with E-state index in [1.165, 1.54) is 0 Å². The molecule has 0 bridgehead atoms. The van der Waals surface area contributed by atoms with Crippen LogP contribution in [0.2, 0.25) is 0 Å². The van der Waals surface area contributed by atoms with Gasteiger partial charge in [0, 0.05) is 24.3 Å². The number of benzene rings is 4. The maximum Gasteiger partial charge on any atom is 0.762 e. The highest BCUT2D eigenvalue weighted by atomic mass is 35.5. The van der Waals surface area contributed by atoms with Crippen molar-refractivity contribution < 1.29 is 49.2 Å². The fourth-order valence-electron chi connectivity index (χ4n) is 6.59. The second kappa shape index (κ2) is 20.9. The first-order valence-corrected chi connectivity index (χ1v) is 19.8. The number of carbonyl (C=O) groups excluding carboxylic acids is 1. The molecule has 16 heteroatoms. The summed E-state index contributed by atoms with van der Waals surface area (Å²) in [5.74, 6) is 0. The van der Waals surface area contributed by atoms with Crippen molar-refractivity contribution in [1.82, 2.24) is 0 Å². The molecule has 3 nitrogen and oxygen atoms in total. The first kappa shape index (κ1) is 45.7. The normalized spacial score (nSPS) is 10.8. The third kappa shape index (κ3) is 9.08. The predicted octanol–water partition coefficient (Wildman–Crippen LogP) is 0.483. The number of rotatable bonds is 9. The number of pyridine rings is 2. The molecule has 0 saturated carbocycles. The van der Waals surface area contributed by atoms with E-state index in [1.807, 2.05) is 36.4 Å². The van der Waals surface area contributed by atoms with E-state index in [1.54, 1.807) is 0 Å². The number of aldehydes is 1. The number of aromatic nitrogens is 2. The summed E-state index contributed by atoms with van der Waals surface area (Å²) >= 11 is 8.62.